The molecule has 39 heavy (non-hydrogen) atoms. The first-order chi connectivity index (χ1) is 17.8. The highest BCUT2D eigenvalue weighted by Crippen LogP contribution is 2.42. The molecule has 2 aromatic carbocycles. The average molecular weight is 620 g/mol. The SMILES string of the molecule is C=Cc1c(Cl)cc([C@@H](/C=C(\F)c2ccc(C(=O)N[C@H](C)CS(=O)(=O)CC)c(C(F)(F)F)c2)C(F)(F)F)cc1Cl. The zero-order chi connectivity index (χ0) is 29.9. The van der Waals surface area contributed by atoms with Crippen LogP contribution in [-0.4, -0.2) is 38.0 Å². The fourth-order valence-electron chi connectivity index (χ4n) is 3.57. The van der Waals surface area contributed by atoms with Gasteiger partial charge < -0.3 is 5.32 Å². The molecule has 4 nitrogen and oxygen atoms in total. The Morgan fingerprint density at radius 3 is 2.10 bits per heavy atom. The summed E-state index contributed by atoms with van der Waals surface area (Å²) in [7, 11) is -3.57. The summed E-state index contributed by atoms with van der Waals surface area (Å²) in [6.45, 7) is 6.06. The van der Waals surface area contributed by atoms with Crippen LogP contribution in [0.1, 0.15) is 52.4 Å². The van der Waals surface area contributed by atoms with Gasteiger partial charge in [-0.3, -0.25) is 4.79 Å². The van der Waals surface area contributed by atoms with Gasteiger partial charge in [0.25, 0.3) is 5.91 Å². The van der Waals surface area contributed by atoms with Crippen LogP contribution < -0.4 is 5.32 Å². The first kappa shape index (κ1) is 32.6. The van der Waals surface area contributed by atoms with E-state index in [1.54, 1.807) is 0 Å². The van der Waals surface area contributed by atoms with Crippen molar-refractivity contribution in [2.75, 3.05) is 11.5 Å². The van der Waals surface area contributed by atoms with Crippen molar-refractivity contribution in [1.82, 2.24) is 5.32 Å². The highest BCUT2D eigenvalue weighted by Gasteiger charge is 2.41. The maximum Gasteiger partial charge on any atom is 0.417 e. The average Bonchev–Trinajstić information content (AvgIpc) is 2.80. The fraction of sp³-hybridized carbons (Fsp3) is 0.320. The van der Waals surface area contributed by atoms with E-state index >= 15 is 4.39 Å². The lowest BCUT2D eigenvalue weighted by Crippen LogP contribution is -2.38. The number of rotatable bonds is 9. The normalized spacial score (nSPS) is 14.6. The maximum absolute atomic E-state index is 15.0. The van der Waals surface area contributed by atoms with Gasteiger partial charge in [-0.1, -0.05) is 48.8 Å². The fourth-order valence-corrected chi connectivity index (χ4v) is 5.31. The van der Waals surface area contributed by atoms with Gasteiger partial charge in [-0.15, -0.1) is 0 Å². The van der Waals surface area contributed by atoms with Gasteiger partial charge in [0.2, 0.25) is 0 Å². The minimum absolute atomic E-state index is 0.0719. The zero-order valence-corrected chi connectivity index (χ0v) is 22.7. The number of allylic oxidation sites excluding steroid dienone is 1. The molecule has 0 aromatic heterocycles. The van der Waals surface area contributed by atoms with Crippen molar-refractivity contribution in [3.8, 4) is 0 Å². The third-order valence-corrected chi connectivity index (χ3v) is 8.01. The molecule has 0 unspecified atom stereocenters. The molecular weight excluding hydrogens is 598 g/mol. The molecule has 0 aliphatic carbocycles. The molecular formula is C25H22Cl2F7NO3S. The number of hydrogen-bond donors (Lipinski definition) is 1. The third-order valence-electron chi connectivity index (χ3n) is 5.50. The Labute approximate surface area is 230 Å². The Hall–Kier alpha value is -2.57. The molecule has 2 rings (SSSR count). The molecule has 2 atom stereocenters. The second-order valence-electron chi connectivity index (χ2n) is 8.47. The number of carbonyl (C=O) groups is 1. The molecule has 0 saturated heterocycles. The molecule has 0 fully saturated rings. The van der Waals surface area contributed by atoms with E-state index in [2.05, 4.69) is 11.9 Å². The molecule has 0 aliphatic rings. The summed E-state index contributed by atoms with van der Waals surface area (Å²) in [6.07, 6.45) is -9.01. The second-order valence-corrected chi connectivity index (χ2v) is 11.7. The van der Waals surface area contributed by atoms with Crippen LogP contribution in [0, 0.1) is 0 Å². The predicted octanol–water partition coefficient (Wildman–Crippen LogP) is 7.86. The van der Waals surface area contributed by atoms with E-state index in [-0.39, 0.29) is 33.5 Å². The predicted molar refractivity (Wildman–Crippen MR) is 137 cm³/mol. The number of sulfone groups is 1. The minimum atomic E-state index is -5.20. The van der Waals surface area contributed by atoms with Crippen LogP contribution in [0.3, 0.4) is 0 Å². The highest BCUT2D eigenvalue weighted by molar-refractivity contribution is 7.91. The highest BCUT2D eigenvalue weighted by atomic mass is 35.5. The van der Waals surface area contributed by atoms with Crippen LogP contribution in [0.5, 0.6) is 0 Å². The topological polar surface area (TPSA) is 63.2 Å². The molecule has 0 spiro atoms. The number of carbonyl (C=O) groups excluding carboxylic acids is 1. The van der Waals surface area contributed by atoms with Crippen LogP contribution >= 0.6 is 23.2 Å². The van der Waals surface area contributed by atoms with Crippen molar-refractivity contribution < 1.29 is 43.9 Å². The molecule has 14 heteroatoms. The lowest BCUT2D eigenvalue weighted by Gasteiger charge is -2.20. The Kier molecular flexibility index (Phi) is 10.3. The summed E-state index contributed by atoms with van der Waals surface area (Å²) in [5, 5.41) is 1.73. The molecule has 0 heterocycles. The van der Waals surface area contributed by atoms with Crippen molar-refractivity contribution in [3.05, 3.63) is 80.8 Å². The van der Waals surface area contributed by atoms with Gasteiger partial charge >= 0.3 is 12.4 Å². The van der Waals surface area contributed by atoms with E-state index in [1.807, 2.05) is 0 Å². The van der Waals surface area contributed by atoms with E-state index in [0.29, 0.717) is 12.1 Å². The number of nitrogens with one attached hydrogen (secondary N) is 1. The van der Waals surface area contributed by atoms with Crippen molar-refractivity contribution >= 4 is 50.8 Å². The first-order valence-electron chi connectivity index (χ1n) is 11.1. The van der Waals surface area contributed by atoms with Crippen molar-refractivity contribution in [2.24, 2.45) is 0 Å². The summed E-state index contributed by atoms with van der Waals surface area (Å²) in [4.78, 5) is 12.5. The summed E-state index contributed by atoms with van der Waals surface area (Å²) in [6, 6.07) is 2.22. The van der Waals surface area contributed by atoms with E-state index in [9.17, 15) is 39.6 Å². The zero-order valence-electron chi connectivity index (χ0n) is 20.4. The lowest BCUT2D eigenvalue weighted by molar-refractivity contribution is -0.140. The molecule has 214 valence electrons. The molecule has 0 saturated carbocycles. The van der Waals surface area contributed by atoms with Crippen LogP contribution in [-0.2, 0) is 16.0 Å². The van der Waals surface area contributed by atoms with Gasteiger partial charge in [0, 0.05) is 33.0 Å². The number of halogens is 9. The van der Waals surface area contributed by atoms with E-state index in [4.69, 9.17) is 23.2 Å². The van der Waals surface area contributed by atoms with E-state index < -0.39 is 73.9 Å². The van der Waals surface area contributed by atoms with E-state index in [1.165, 1.54) is 19.9 Å². The van der Waals surface area contributed by atoms with Crippen molar-refractivity contribution in [2.45, 2.75) is 38.2 Å². The standard InChI is InChI=1S/C25H22Cl2F7NO3S/c1-4-16-20(26)9-15(10-21(16)27)18(24(29,30)31)11-22(28)14-6-7-17(19(8-14)25(32,33)34)23(36)35-13(3)12-39(37,38)5-2/h4,6-11,13,18H,1,5,12H2,2-3H3,(H,35,36)/b22-11-/t13-,18-/m1/s1. The Morgan fingerprint density at radius 1 is 1.08 bits per heavy atom. The maximum atomic E-state index is 15.0. The Balaban J connectivity index is 2.54. The molecule has 0 radical (unpaired) electrons. The van der Waals surface area contributed by atoms with Gasteiger partial charge in [-0.2, -0.15) is 26.3 Å². The van der Waals surface area contributed by atoms with E-state index in [0.717, 1.165) is 12.1 Å². The summed E-state index contributed by atoms with van der Waals surface area (Å²) in [5.74, 6) is -6.37. The van der Waals surface area contributed by atoms with Crippen molar-refractivity contribution in [3.63, 3.8) is 0 Å². The van der Waals surface area contributed by atoms with Crippen LogP contribution in [0.2, 0.25) is 10.0 Å². The van der Waals surface area contributed by atoms with Gasteiger partial charge in [0.15, 0.2) is 9.84 Å². The molecule has 2 aromatic rings. The Morgan fingerprint density at radius 2 is 1.64 bits per heavy atom. The first-order valence-corrected chi connectivity index (χ1v) is 13.7. The number of amides is 1. The monoisotopic (exact) mass is 619 g/mol. The molecule has 0 aliphatic heterocycles. The number of benzene rings is 2. The summed E-state index contributed by atoms with van der Waals surface area (Å²) >= 11 is 11.9. The molecule has 0 bridgehead atoms. The number of hydrogen-bond acceptors (Lipinski definition) is 3. The summed E-state index contributed by atoms with van der Waals surface area (Å²) < 4.78 is 121. The van der Waals surface area contributed by atoms with Crippen molar-refractivity contribution in [1.29, 1.82) is 0 Å². The minimum Gasteiger partial charge on any atom is -0.349 e. The van der Waals surface area contributed by atoms with Gasteiger partial charge in [-0.25, -0.2) is 12.8 Å². The summed E-state index contributed by atoms with van der Waals surface area (Å²) in [5.41, 5.74) is -3.91. The number of alkyl halides is 6. The smallest absolute Gasteiger partial charge is 0.349 e. The van der Waals surface area contributed by atoms with Gasteiger partial charge in [0.05, 0.1) is 16.9 Å². The Bertz CT molecular complexity index is 1360. The third kappa shape index (κ3) is 8.46. The quantitative estimate of drug-likeness (QED) is 0.291. The second kappa shape index (κ2) is 12.3. The van der Waals surface area contributed by atoms with Crippen LogP contribution in [0.25, 0.3) is 11.9 Å². The lowest BCUT2D eigenvalue weighted by atomic mass is 9.94. The largest absolute Gasteiger partial charge is 0.417 e. The molecule has 1 amide bonds. The van der Waals surface area contributed by atoms with Gasteiger partial charge in [0.1, 0.15) is 11.7 Å². The van der Waals surface area contributed by atoms with Gasteiger partial charge in [-0.05, 0) is 42.8 Å². The van der Waals surface area contributed by atoms with Crippen LogP contribution in [0.15, 0.2) is 43.0 Å². The van der Waals surface area contributed by atoms with Crippen LogP contribution in [0.4, 0.5) is 30.7 Å². The molecule has 1 N–H and O–H groups in total.